The molecule has 0 N–H and O–H groups in total. The van der Waals surface area contributed by atoms with Crippen molar-refractivity contribution in [2.45, 2.75) is 19.6 Å². The van der Waals surface area contributed by atoms with E-state index in [2.05, 4.69) is 59.0 Å². The van der Waals surface area contributed by atoms with E-state index in [4.69, 9.17) is 4.98 Å². The van der Waals surface area contributed by atoms with Crippen LogP contribution in [0.5, 0.6) is 0 Å². The fourth-order valence-corrected chi connectivity index (χ4v) is 3.02. The van der Waals surface area contributed by atoms with Crippen LogP contribution in [0.1, 0.15) is 18.9 Å². The van der Waals surface area contributed by atoms with Crippen LogP contribution >= 0.6 is 0 Å². The van der Waals surface area contributed by atoms with Crippen LogP contribution in [0, 0.1) is 0 Å². The Bertz CT molecular complexity index is 997. The number of hydrogen-bond donors (Lipinski definition) is 0. The molecule has 0 fully saturated rings. The molecule has 2 heterocycles. The summed E-state index contributed by atoms with van der Waals surface area (Å²) in [5.41, 5.74) is 4.07. The first-order chi connectivity index (χ1) is 11.6. The van der Waals surface area contributed by atoms with E-state index in [1.807, 2.05) is 35.0 Å². The largest absolute Gasteiger partial charge is 0.310 e. The fraction of sp³-hybridized carbons (Fsp3) is 0.278. The minimum atomic E-state index is 0.196. The monoisotopic (exact) mass is 320 g/mol. The minimum absolute atomic E-state index is 0.196. The number of aromatic nitrogens is 5. The molecular weight excluding hydrogens is 300 g/mol. The Kier molecular flexibility index (Phi) is 3.54. The summed E-state index contributed by atoms with van der Waals surface area (Å²) in [7, 11) is 4.15. The summed E-state index contributed by atoms with van der Waals surface area (Å²) in [5, 5.41) is 8.55. The number of nitrogens with zero attached hydrogens (tertiary/aromatic N) is 6. The van der Waals surface area contributed by atoms with Gasteiger partial charge in [0.05, 0.1) is 22.7 Å². The van der Waals surface area contributed by atoms with Crippen LogP contribution in [-0.2, 0) is 6.54 Å². The SMILES string of the molecule is CC(N(C)C)n1c(Cn2nnc3ccccc32)nc2ccccc21. The van der Waals surface area contributed by atoms with Gasteiger partial charge in [0, 0.05) is 0 Å². The second-order valence-corrected chi connectivity index (χ2v) is 6.22. The van der Waals surface area contributed by atoms with E-state index in [0.717, 1.165) is 27.9 Å². The molecule has 0 spiro atoms. The maximum absolute atomic E-state index is 4.85. The quantitative estimate of drug-likeness (QED) is 0.580. The Morgan fingerprint density at radius 2 is 1.62 bits per heavy atom. The van der Waals surface area contributed by atoms with Gasteiger partial charge in [0.1, 0.15) is 17.9 Å². The predicted octanol–water partition coefficient (Wildman–Crippen LogP) is 2.91. The number of benzene rings is 2. The summed E-state index contributed by atoms with van der Waals surface area (Å²) >= 11 is 0. The van der Waals surface area contributed by atoms with Crippen LogP contribution < -0.4 is 0 Å². The van der Waals surface area contributed by atoms with E-state index in [9.17, 15) is 0 Å². The van der Waals surface area contributed by atoms with Crippen LogP contribution in [0.3, 0.4) is 0 Å². The number of hydrogen-bond acceptors (Lipinski definition) is 4. The van der Waals surface area contributed by atoms with E-state index in [-0.39, 0.29) is 6.17 Å². The molecule has 0 aliphatic rings. The molecule has 0 bridgehead atoms. The summed E-state index contributed by atoms with van der Waals surface area (Å²) in [5.74, 6) is 0.980. The maximum atomic E-state index is 4.85. The third kappa shape index (κ3) is 2.35. The molecule has 6 heteroatoms. The zero-order chi connectivity index (χ0) is 16.7. The van der Waals surface area contributed by atoms with E-state index >= 15 is 0 Å². The molecular formula is C18H20N6. The van der Waals surface area contributed by atoms with E-state index < -0.39 is 0 Å². The van der Waals surface area contributed by atoms with Gasteiger partial charge in [-0.05, 0) is 45.3 Å². The average Bonchev–Trinajstić information content (AvgIpc) is 3.16. The molecule has 4 rings (SSSR count). The van der Waals surface area contributed by atoms with Crippen molar-refractivity contribution in [2.24, 2.45) is 0 Å². The second kappa shape index (κ2) is 5.72. The van der Waals surface area contributed by atoms with Gasteiger partial charge in [-0.1, -0.05) is 29.5 Å². The van der Waals surface area contributed by atoms with Gasteiger partial charge in [-0.3, -0.25) is 4.90 Å². The molecule has 2 aromatic heterocycles. The molecule has 24 heavy (non-hydrogen) atoms. The molecule has 2 aromatic carbocycles. The minimum Gasteiger partial charge on any atom is -0.310 e. The van der Waals surface area contributed by atoms with Crippen molar-refractivity contribution in [2.75, 3.05) is 14.1 Å². The molecule has 0 radical (unpaired) electrons. The van der Waals surface area contributed by atoms with Gasteiger partial charge in [0.25, 0.3) is 0 Å². The van der Waals surface area contributed by atoms with Gasteiger partial charge in [0.15, 0.2) is 0 Å². The lowest BCUT2D eigenvalue weighted by Gasteiger charge is -2.24. The van der Waals surface area contributed by atoms with Crippen molar-refractivity contribution in [1.82, 2.24) is 29.4 Å². The van der Waals surface area contributed by atoms with Crippen molar-refractivity contribution in [1.29, 1.82) is 0 Å². The van der Waals surface area contributed by atoms with Crippen LogP contribution in [-0.4, -0.2) is 43.5 Å². The molecule has 1 unspecified atom stereocenters. The van der Waals surface area contributed by atoms with Crippen molar-refractivity contribution >= 4 is 22.1 Å². The summed E-state index contributed by atoms with van der Waals surface area (Å²) in [6.07, 6.45) is 0.196. The Hall–Kier alpha value is -2.73. The molecule has 0 saturated carbocycles. The number of rotatable bonds is 4. The topological polar surface area (TPSA) is 51.8 Å². The molecule has 0 aliphatic carbocycles. The summed E-state index contributed by atoms with van der Waals surface area (Å²) < 4.78 is 4.18. The smallest absolute Gasteiger partial charge is 0.133 e. The first kappa shape index (κ1) is 14.8. The van der Waals surface area contributed by atoms with Crippen molar-refractivity contribution < 1.29 is 0 Å². The van der Waals surface area contributed by atoms with Crippen molar-refractivity contribution in [3.8, 4) is 0 Å². The van der Waals surface area contributed by atoms with Crippen molar-refractivity contribution in [3.05, 3.63) is 54.4 Å². The summed E-state index contributed by atoms with van der Waals surface area (Å²) in [4.78, 5) is 7.02. The molecule has 0 saturated heterocycles. The normalized spacial score (nSPS) is 13.2. The molecule has 0 aliphatic heterocycles. The highest BCUT2D eigenvalue weighted by atomic mass is 15.4. The predicted molar refractivity (Wildman–Crippen MR) is 94.8 cm³/mol. The highest BCUT2D eigenvalue weighted by molar-refractivity contribution is 5.76. The molecule has 1 atom stereocenters. The number of fused-ring (bicyclic) bond motifs is 2. The first-order valence-electron chi connectivity index (χ1n) is 8.05. The summed E-state index contributed by atoms with van der Waals surface area (Å²) in [6, 6.07) is 16.2. The maximum Gasteiger partial charge on any atom is 0.133 e. The Morgan fingerprint density at radius 3 is 2.38 bits per heavy atom. The molecule has 0 amide bonds. The summed E-state index contributed by atoms with van der Waals surface area (Å²) in [6.45, 7) is 2.77. The molecule has 122 valence electrons. The number of para-hydroxylation sites is 3. The zero-order valence-electron chi connectivity index (χ0n) is 14.1. The van der Waals surface area contributed by atoms with Crippen LogP contribution in [0.2, 0.25) is 0 Å². The van der Waals surface area contributed by atoms with Gasteiger partial charge >= 0.3 is 0 Å². The van der Waals surface area contributed by atoms with E-state index in [1.165, 1.54) is 0 Å². The lowest BCUT2D eigenvalue weighted by molar-refractivity contribution is 0.238. The Labute approximate surface area is 140 Å². The second-order valence-electron chi connectivity index (χ2n) is 6.22. The highest BCUT2D eigenvalue weighted by Crippen LogP contribution is 2.23. The van der Waals surface area contributed by atoms with Gasteiger partial charge in [-0.2, -0.15) is 0 Å². The highest BCUT2D eigenvalue weighted by Gasteiger charge is 2.18. The van der Waals surface area contributed by atoms with Gasteiger partial charge in [0.2, 0.25) is 0 Å². The average molecular weight is 320 g/mol. The zero-order valence-corrected chi connectivity index (χ0v) is 14.1. The molecule has 6 nitrogen and oxygen atoms in total. The Morgan fingerprint density at radius 1 is 0.958 bits per heavy atom. The third-order valence-corrected chi connectivity index (χ3v) is 4.50. The Balaban J connectivity index is 1.85. The standard InChI is InChI=1S/C18H20N6/c1-13(22(2)3)24-17-11-7-4-8-14(17)19-18(24)12-23-16-10-6-5-9-15(16)20-21-23/h4-11,13H,12H2,1-3H3. The van der Waals surface area contributed by atoms with Gasteiger partial charge in [-0.15, -0.1) is 5.10 Å². The van der Waals surface area contributed by atoms with Crippen LogP contribution in [0.25, 0.3) is 22.1 Å². The molecule has 4 aromatic rings. The van der Waals surface area contributed by atoms with Crippen LogP contribution in [0.15, 0.2) is 48.5 Å². The number of imidazole rings is 1. The van der Waals surface area contributed by atoms with E-state index in [0.29, 0.717) is 6.54 Å². The van der Waals surface area contributed by atoms with E-state index in [1.54, 1.807) is 0 Å². The third-order valence-electron chi connectivity index (χ3n) is 4.50. The van der Waals surface area contributed by atoms with Gasteiger partial charge < -0.3 is 4.57 Å². The van der Waals surface area contributed by atoms with Crippen molar-refractivity contribution in [3.63, 3.8) is 0 Å². The van der Waals surface area contributed by atoms with Gasteiger partial charge in [-0.25, -0.2) is 9.67 Å². The lowest BCUT2D eigenvalue weighted by atomic mass is 10.3. The lowest BCUT2D eigenvalue weighted by Crippen LogP contribution is -2.25. The fourth-order valence-electron chi connectivity index (χ4n) is 3.02. The first-order valence-corrected chi connectivity index (χ1v) is 8.05. The van der Waals surface area contributed by atoms with Crippen LogP contribution in [0.4, 0.5) is 0 Å².